The molecule has 5 heteroatoms. The molecule has 2 amide bonds. The van der Waals surface area contributed by atoms with Gasteiger partial charge in [0.15, 0.2) is 0 Å². The Balaban J connectivity index is 1.32. The zero-order valence-corrected chi connectivity index (χ0v) is 12.6. The van der Waals surface area contributed by atoms with E-state index in [-0.39, 0.29) is 12.1 Å². The van der Waals surface area contributed by atoms with Crippen LogP contribution >= 0.6 is 0 Å². The van der Waals surface area contributed by atoms with Gasteiger partial charge in [0.1, 0.15) is 5.75 Å². The highest BCUT2D eigenvalue weighted by Gasteiger charge is 2.36. The van der Waals surface area contributed by atoms with Gasteiger partial charge >= 0.3 is 6.03 Å². The molecule has 1 aliphatic carbocycles. The van der Waals surface area contributed by atoms with Gasteiger partial charge in [-0.1, -0.05) is 0 Å². The zero-order valence-electron chi connectivity index (χ0n) is 12.6. The Kier molecular flexibility index (Phi) is 3.66. The second kappa shape index (κ2) is 5.80. The Morgan fingerprint density at radius 3 is 2.95 bits per heavy atom. The molecular formula is C17H22N2O3. The predicted octanol–water partition coefficient (Wildman–Crippen LogP) is 2.70. The SMILES string of the molecule is O=C(Nc1ccc2c(c1)CCO2)N[C@@H]1CCO[C@@H](C2CC2)C1. The number of benzene rings is 1. The normalized spacial score (nSPS) is 26.9. The Labute approximate surface area is 130 Å². The first-order chi connectivity index (χ1) is 10.8. The van der Waals surface area contributed by atoms with E-state index in [0.717, 1.165) is 55.4 Å². The fraction of sp³-hybridized carbons (Fsp3) is 0.588. The van der Waals surface area contributed by atoms with Crippen molar-refractivity contribution in [2.75, 3.05) is 18.5 Å². The fourth-order valence-electron chi connectivity index (χ4n) is 3.37. The lowest BCUT2D eigenvalue weighted by atomic mass is 10.0. The van der Waals surface area contributed by atoms with Crippen molar-refractivity contribution in [3.63, 3.8) is 0 Å². The highest BCUT2D eigenvalue weighted by atomic mass is 16.5. The molecule has 2 heterocycles. The molecule has 0 aromatic heterocycles. The summed E-state index contributed by atoms with van der Waals surface area (Å²) in [4.78, 5) is 12.2. The summed E-state index contributed by atoms with van der Waals surface area (Å²) in [5.74, 6) is 1.66. The number of hydrogen-bond donors (Lipinski definition) is 2. The van der Waals surface area contributed by atoms with Crippen LogP contribution in [-0.2, 0) is 11.2 Å². The lowest BCUT2D eigenvalue weighted by molar-refractivity contribution is -0.00889. The maximum atomic E-state index is 12.2. The van der Waals surface area contributed by atoms with E-state index in [4.69, 9.17) is 9.47 Å². The second-order valence-electron chi connectivity index (χ2n) is 6.49. The highest BCUT2D eigenvalue weighted by Crippen LogP contribution is 2.38. The summed E-state index contributed by atoms with van der Waals surface area (Å²) in [5, 5.41) is 6.02. The Hall–Kier alpha value is -1.75. The van der Waals surface area contributed by atoms with Crippen LogP contribution in [0.4, 0.5) is 10.5 Å². The first kappa shape index (κ1) is 13.9. The highest BCUT2D eigenvalue weighted by molar-refractivity contribution is 5.89. The molecule has 0 spiro atoms. The monoisotopic (exact) mass is 302 g/mol. The predicted molar refractivity (Wildman–Crippen MR) is 83.3 cm³/mol. The molecule has 1 aromatic rings. The van der Waals surface area contributed by atoms with Crippen molar-refractivity contribution < 1.29 is 14.3 Å². The maximum Gasteiger partial charge on any atom is 0.319 e. The summed E-state index contributed by atoms with van der Waals surface area (Å²) in [6.07, 6.45) is 5.65. The van der Waals surface area contributed by atoms with Crippen molar-refractivity contribution in [2.24, 2.45) is 5.92 Å². The van der Waals surface area contributed by atoms with E-state index in [1.165, 1.54) is 12.8 Å². The van der Waals surface area contributed by atoms with Gasteiger partial charge in [0.25, 0.3) is 0 Å². The summed E-state index contributed by atoms with van der Waals surface area (Å²) in [6, 6.07) is 5.91. The van der Waals surface area contributed by atoms with Crippen molar-refractivity contribution in [1.82, 2.24) is 5.32 Å². The molecule has 1 aromatic carbocycles. The molecule has 0 unspecified atom stereocenters. The minimum absolute atomic E-state index is 0.125. The van der Waals surface area contributed by atoms with Crippen LogP contribution in [0.1, 0.15) is 31.2 Å². The van der Waals surface area contributed by atoms with Crippen LogP contribution in [0.2, 0.25) is 0 Å². The van der Waals surface area contributed by atoms with E-state index < -0.39 is 0 Å². The van der Waals surface area contributed by atoms with Crippen LogP contribution in [0.5, 0.6) is 5.75 Å². The number of urea groups is 1. The van der Waals surface area contributed by atoms with Crippen LogP contribution in [0, 0.1) is 5.92 Å². The van der Waals surface area contributed by atoms with Crippen molar-refractivity contribution in [3.8, 4) is 5.75 Å². The second-order valence-corrected chi connectivity index (χ2v) is 6.49. The van der Waals surface area contributed by atoms with E-state index in [1.54, 1.807) is 0 Å². The number of carbonyl (C=O) groups excluding carboxylic acids is 1. The van der Waals surface area contributed by atoms with Crippen molar-refractivity contribution >= 4 is 11.7 Å². The van der Waals surface area contributed by atoms with E-state index in [2.05, 4.69) is 10.6 Å². The molecule has 2 aliphatic heterocycles. The van der Waals surface area contributed by atoms with Gasteiger partial charge in [0.05, 0.1) is 12.7 Å². The third kappa shape index (κ3) is 3.04. The Morgan fingerprint density at radius 2 is 2.09 bits per heavy atom. The Bertz CT molecular complexity index is 571. The van der Waals surface area contributed by atoms with Crippen LogP contribution < -0.4 is 15.4 Å². The summed E-state index contributed by atoms with van der Waals surface area (Å²) < 4.78 is 11.3. The summed E-state index contributed by atoms with van der Waals surface area (Å²) >= 11 is 0. The first-order valence-electron chi connectivity index (χ1n) is 8.23. The van der Waals surface area contributed by atoms with Crippen LogP contribution in [0.3, 0.4) is 0 Å². The molecule has 2 fully saturated rings. The molecule has 4 rings (SSSR count). The molecular weight excluding hydrogens is 280 g/mol. The lowest BCUT2D eigenvalue weighted by Crippen LogP contribution is -2.44. The van der Waals surface area contributed by atoms with Gasteiger partial charge in [-0.2, -0.15) is 0 Å². The topological polar surface area (TPSA) is 59.6 Å². The molecule has 3 aliphatic rings. The van der Waals surface area contributed by atoms with Crippen molar-refractivity contribution in [2.45, 2.75) is 44.2 Å². The van der Waals surface area contributed by atoms with Crippen LogP contribution in [0.25, 0.3) is 0 Å². The Morgan fingerprint density at radius 1 is 1.18 bits per heavy atom. The van der Waals surface area contributed by atoms with Gasteiger partial charge in [-0.25, -0.2) is 4.79 Å². The van der Waals surface area contributed by atoms with Gasteiger partial charge in [0, 0.05) is 24.8 Å². The molecule has 1 saturated heterocycles. The molecule has 2 atom stereocenters. The maximum absolute atomic E-state index is 12.2. The third-order valence-electron chi connectivity index (χ3n) is 4.75. The largest absolute Gasteiger partial charge is 0.493 e. The average Bonchev–Trinajstić information content (AvgIpc) is 3.26. The smallest absolute Gasteiger partial charge is 0.319 e. The number of carbonyl (C=O) groups is 1. The fourth-order valence-corrected chi connectivity index (χ4v) is 3.37. The molecule has 2 N–H and O–H groups in total. The summed E-state index contributed by atoms with van der Waals surface area (Å²) in [6.45, 7) is 1.48. The van der Waals surface area contributed by atoms with Gasteiger partial charge in [-0.15, -0.1) is 0 Å². The number of hydrogen-bond acceptors (Lipinski definition) is 3. The van der Waals surface area contributed by atoms with Gasteiger partial charge in [-0.05, 0) is 55.4 Å². The van der Waals surface area contributed by atoms with Gasteiger partial charge in [-0.3, -0.25) is 0 Å². The molecule has 22 heavy (non-hydrogen) atoms. The lowest BCUT2D eigenvalue weighted by Gasteiger charge is -2.30. The number of nitrogens with one attached hydrogen (secondary N) is 2. The number of ether oxygens (including phenoxy) is 2. The van der Waals surface area contributed by atoms with E-state index in [0.29, 0.717) is 6.10 Å². The zero-order chi connectivity index (χ0) is 14.9. The number of rotatable bonds is 3. The molecule has 118 valence electrons. The molecule has 5 nitrogen and oxygen atoms in total. The average molecular weight is 302 g/mol. The van der Waals surface area contributed by atoms with Gasteiger partial charge < -0.3 is 20.1 Å². The molecule has 1 saturated carbocycles. The van der Waals surface area contributed by atoms with Crippen molar-refractivity contribution in [3.05, 3.63) is 23.8 Å². The minimum Gasteiger partial charge on any atom is -0.493 e. The minimum atomic E-state index is -0.125. The summed E-state index contributed by atoms with van der Waals surface area (Å²) in [5.41, 5.74) is 1.99. The van der Waals surface area contributed by atoms with E-state index >= 15 is 0 Å². The summed E-state index contributed by atoms with van der Waals surface area (Å²) in [7, 11) is 0. The standard InChI is InChI=1S/C17H22N2O3/c20-17(18-13-3-4-15-12(9-13)5-7-21-15)19-14-6-8-22-16(10-14)11-1-2-11/h3-4,9,11,14,16H,1-2,5-8,10H2,(H2,18,19,20)/t14-,16-/m1/s1. The molecule has 0 radical (unpaired) electrons. The van der Waals surface area contributed by atoms with Crippen LogP contribution in [0.15, 0.2) is 18.2 Å². The number of fused-ring (bicyclic) bond motifs is 1. The number of anilines is 1. The third-order valence-corrected chi connectivity index (χ3v) is 4.75. The van der Waals surface area contributed by atoms with Crippen LogP contribution in [-0.4, -0.2) is 31.4 Å². The van der Waals surface area contributed by atoms with E-state index in [9.17, 15) is 4.79 Å². The van der Waals surface area contributed by atoms with Crippen molar-refractivity contribution in [1.29, 1.82) is 0 Å². The van der Waals surface area contributed by atoms with E-state index in [1.807, 2.05) is 18.2 Å². The van der Waals surface area contributed by atoms with Gasteiger partial charge in [0.2, 0.25) is 0 Å². The quantitative estimate of drug-likeness (QED) is 0.902. The number of amides is 2. The first-order valence-corrected chi connectivity index (χ1v) is 8.23. The molecule has 0 bridgehead atoms.